The van der Waals surface area contributed by atoms with Crippen LogP contribution < -0.4 is 40.2 Å². The summed E-state index contributed by atoms with van der Waals surface area (Å²) in [4.78, 5) is 81.1. The number of hydrogen-bond acceptors (Lipinski definition) is 19. The van der Waals surface area contributed by atoms with Crippen molar-refractivity contribution in [3.8, 4) is 11.5 Å². The van der Waals surface area contributed by atoms with Gasteiger partial charge in [-0.1, -0.05) is 12.1 Å². The summed E-state index contributed by atoms with van der Waals surface area (Å²) in [6.07, 6.45) is 11.0. The number of carbonyl (C=O) groups is 2. The minimum absolute atomic E-state index is 0.160. The van der Waals surface area contributed by atoms with Gasteiger partial charge in [0.05, 0.1) is 24.2 Å². The van der Waals surface area contributed by atoms with E-state index in [4.69, 9.17) is 23.9 Å². The zero-order chi connectivity index (χ0) is 62.6. The summed E-state index contributed by atoms with van der Waals surface area (Å²) >= 11 is 3.60. The number of aromatic nitrogens is 5. The molecule has 0 amide bonds. The molecule has 0 radical (unpaired) electrons. The molecule has 19 nitrogen and oxygen atoms in total. The molecule has 92 heavy (non-hydrogen) atoms. The number of nitrogens with zero attached hydrogens (tertiary/aromatic N) is 11. The first kappa shape index (κ1) is 62.7. The van der Waals surface area contributed by atoms with Crippen molar-refractivity contribution in [2.75, 3.05) is 124 Å². The van der Waals surface area contributed by atoms with Crippen LogP contribution in [0.4, 0.5) is 23.3 Å². The van der Waals surface area contributed by atoms with E-state index in [1.54, 1.807) is 41.1 Å². The van der Waals surface area contributed by atoms with Gasteiger partial charge in [-0.25, -0.2) is 9.97 Å². The monoisotopic (exact) mass is 1280 g/mol. The van der Waals surface area contributed by atoms with Crippen molar-refractivity contribution >= 4 is 99.9 Å². The van der Waals surface area contributed by atoms with E-state index in [1.807, 2.05) is 36.4 Å². The van der Waals surface area contributed by atoms with E-state index in [-0.39, 0.29) is 49.4 Å². The van der Waals surface area contributed by atoms with E-state index < -0.39 is 0 Å². The average molecular weight is 1280 g/mol. The largest absolute Gasteiger partial charge is 0.494 e. The Kier molecular flexibility index (Phi) is 20.5. The first-order valence-corrected chi connectivity index (χ1v) is 34.9. The normalized spacial score (nSPS) is 16.5. The molecule has 4 aliphatic rings. The summed E-state index contributed by atoms with van der Waals surface area (Å²) in [7, 11) is 0. The van der Waals surface area contributed by atoms with E-state index >= 15 is 0 Å². The third-order valence-electron chi connectivity index (χ3n) is 19.1. The number of piperidine rings is 2. The average Bonchev–Trinajstić information content (AvgIpc) is 2.51. The lowest BCUT2D eigenvalue weighted by molar-refractivity contribution is -0.148. The molecule has 9 heterocycles. The number of esters is 2. The molecule has 4 saturated heterocycles. The van der Waals surface area contributed by atoms with Gasteiger partial charge >= 0.3 is 11.9 Å². The third kappa shape index (κ3) is 15.5. The van der Waals surface area contributed by atoms with Crippen LogP contribution in [-0.4, -0.2) is 151 Å². The number of pyridine rings is 2. The van der Waals surface area contributed by atoms with Crippen LogP contribution in [0.5, 0.6) is 11.5 Å². The maximum atomic E-state index is 13.2. The highest BCUT2D eigenvalue weighted by atomic mass is 32.1. The van der Waals surface area contributed by atoms with Gasteiger partial charge in [-0.3, -0.25) is 38.1 Å². The molecule has 21 heteroatoms. The fraction of sp³-hybridized carbons (Fsp3) is 0.451. The van der Waals surface area contributed by atoms with Crippen molar-refractivity contribution in [1.29, 1.82) is 0 Å². The standard InChI is InChI=1S/C71H83N11O8S2/c83-66-19-15-54-13-17-56(87-43-3-1-29-75-35-39-77(40-36-75)60-7-5-9-64-58(60)27-45-91-64)47-62(54)81(66)50-89-68(85)21-11-52-23-31-79(32-24-52)70-72-49-73-71(74-70)80-33-25-53(26-34-80)12-22-69(86)90-51-82-63-48-57(18-14-55(63)16-20-67(82)84)88-44-4-2-30-76-37-41-78(42-38-76)61-8-6-10-65-59(61)28-46-92-65/h5-10,13-20,27-28,45-49,52-53H,1-4,11-12,21-26,29-44,50-51H2. The number of rotatable bonds is 26. The molecule has 0 saturated carbocycles. The highest BCUT2D eigenvalue weighted by Crippen LogP contribution is 2.34. The van der Waals surface area contributed by atoms with Gasteiger partial charge in [0.15, 0.2) is 13.5 Å². The highest BCUT2D eigenvalue weighted by Gasteiger charge is 2.27. The smallest absolute Gasteiger partial charge is 0.307 e. The zero-order valence-corrected chi connectivity index (χ0v) is 54.1. The van der Waals surface area contributed by atoms with E-state index in [0.29, 0.717) is 72.3 Å². The molecule has 0 spiro atoms. The molecule has 4 fully saturated rings. The van der Waals surface area contributed by atoms with E-state index in [0.717, 1.165) is 154 Å². The van der Waals surface area contributed by atoms with Gasteiger partial charge in [0.1, 0.15) is 17.8 Å². The maximum Gasteiger partial charge on any atom is 0.307 e. The quantitative estimate of drug-likeness (QED) is 0.0370. The molecule has 5 aromatic heterocycles. The Morgan fingerprint density at radius 1 is 0.478 bits per heavy atom. The molecule has 0 unspecified atom stereocenters. The molecular weight excluding hydrogens is 1200 g/mol. The second kappa shape index (κ2) is 30.1. The van der Waals surface area contributed by atoms with Gasteiger partial charge < -0.3 is 38.5 Å². The number of hydrogen-bond donors (Lipinski definition) is 0. The number of ether oxygens (including phenoxy) is 4. The Balaban J connectivity index is 0.489. The van der Waals surface area contributed by atoms with Crippen molar-refractivity contribution in [3.63, 3.8) is 0 Å². The number of benzene rings is 4. The van der Waals surface area contributed by atoms with Crippen LogP contribution in [0.3, 0.4) is 0 Å². The molecular formula is C71H83N11O8S2. The minimum atomic E-state index is -0.327. The molecule has 4 aromatic carbocycles. The summed E-state index contributed by atoms with van der Waals surface area (Å²) in [6.45, 7) is 14.3. The lowest BCUT2D eigenvalue weighted by Gasteiger charge is -2.36. The number of carbonyl (C=O) groups excluding carboxylic acids is 2. The third-order valence-corrected chi connectivity index (χ3v) is 20.9. The predicted molar refractivity (Wildman–Crippen MR) is 367 cm³/mol. The van der Waals surface area contributed by atoms with Gasteiger partial charge in [-0.15, -0.1) is 22.7 Å². The Bertz CT molecular complexity index is 3830. The SMILES string of the molecule is O=C(CCC1CCN(c2ncnc(N3CCC(CCC(=O)OCn4c(=O)ccc5ccc(OCCCCN6CCN(c7cccc8sccc78)CC6)cc54)CC3)n2)CC1)OCn1c(=O)ccc2ccc(OCCCCN3CCN(c4cccc5sccc45)CC3)cc21. The number of piperazine rings is 2. The lowest BCUT2D eigenvalue weighted by atomic mass is 9.92. The van der Waals surface area contributed by atoms with Gasteiger partial charge in [0.2, 0.25) is 11.9 Å². The summed E-state index contributed by atoms with van der Waals surface area (Å²) in [5.41, 5.74) is 3.55. The predicted octanol–water partition coefficient (Wildman–Crippen LogP) is 11.3. The second-order valence-corrected chi connectivity index (χ2v) is 26.8. The molecule has 9 aromatic rings. The van der Waals surface area contributed by atoms with E-state index in [9.17, 15) is 19.2 Å². The highest BCUT2D eigenvalue weighted by molar-refractivity contribution is 7.17. The van der Waals surface area contributed by atoms with Crippen LogP contribution in [0.15, 0.2) is 136 Å². The number of thiophene rings is 2. The zero-order valence-electron chi connectivity index (χ0n) is 52.5. The lowest BCUT2D eigenvalue weighted by Crippen LogP contribution is -2.46. The van der Waals surface area contributed by atoms with Crippen LogP contribution in [0.25, 0.3) is 42.0 Å². The molecule has 0 N–H and O–H groups in total. The van der Waals surface area contributed by atoms with Crippen molar-refractivity contribution in [1.82, 2.24) is 33.9 Å². The molecule has 4 aliphatic heterocycles. The molecule has 0 bridgehead atoms. The van der Waals surface area contributed by atoms with Crippen LogP contribution in [0.2, 0.25) is 0 Å². The first-order valence-electron chi connectivity index (χ1n) is 33.1. The van der Waals surface area contributed by atoms with Gasteiger partial charge in [0, 0.05) is 147 Å². The van der Waals surface area contributed by atoms with Crippen LogP contribution in [-0.2, 0) is 32.5 Å². The van der Waals surface area contributed by atoms with Crippen LogP contribution in [0, 0.1) is 11.8 Å². The summed E-state index contributed by atoms with van der Waals surface area (Å²) < 4.78 is 29.5. The molecule has 0 aliphatic carbocycles. The van der Waals surface area contributed by atoms with Crippen molar-refractivity contribution in [3.05, 3.63) is 147 Å². The molecule has 13 rings (SSSR count). The summed E-state index contributed by atoms with van der Waals surface area (Å²) in [5.74, 6) is 2.71. The van der Waals surface area contributed by atoms with Crippen LogP contribution in [0.1, 0.15) is 77.0 Å². The van der Waals surface area contributed by atoms with E-state index in [2.05, 4.69) is 98.7 Å². The second-order valence-electron chi connectivity index (χ2n) is 24.9. The summed E-state index contributed by atoms with van der Waals surface area (Å²) in [6, 6.07) is 35.8. The van der Waals surface area contributed by atoms with Crippen molar-refractivity contribution in [2.24, 2.45) is 11.8 Å². The van der Waals surface area contributed by atoms with Crippen LogP contribution >= 0.6 is 22.7 Å². The Hall–Kier alpha value is -8.11. The molecule has 482 valence electrons. The fourth-order valence-corrected chi connectivity index (χ4v) is 15.3. The van der Waals surface area contributed by atoms with Crippen molar-refractivity contribution < 1.29 is 28.5 Å². The fourth-order valence-electron chi connectivity index (χ4n) is 13.7. The minimum Gasteiger partial charge on any atom is -0.494 e. The molecule has 0 atom stereocenters. The Morgan fingerprint density at radius 2 is 0.913 bits per heavy atom. The summed E-state index contributed by atoms with van der Waals surface area (Å²) in [5, 5.41) is 8.79. The van der Waals surface area contributed by atoms with E-state index in [1.165, 1.54) is 52.8 Å². The first-order chi connectivity index (χ1) is 45.2. The Labute approximate surface area is 544 Å². The number of unbranched alkanes of at least 4 members (excludes halogenated alkanes) is 2. The number of fused-ring (bicyclic) bond motifs is 4. The van der Waals surface area contributed by atoms with Gasteiger partial charge in [-0.2, -0.15) is 4.98 Å². The van der Waals surface area contributed by atoms with Gasteiger partial charge in [0.25, 0.3) is 11.1 Å². The van der Waals surface area contributed by atoms with Gasteiger partial charge in [-0.05, 0) is 183 Å². The topological polar surface area (TPSA) is 173 Å². The number of anilines is 4. The Morgan fingerprint density at radius 3 is 1.36 bits per heavy atom. The van der Waals surface area contributed by atoms with Crippen molar-refractivity contribution in [2.45, 2.75) is 90.5 Å². The maximum absolute atomic E-state index is 13.2.